The molecule has 2 saturated heterocycles. The monoisotopic (exact) mass is 417 g/mol. The molecule has 2 unspecified atom stereocenters. The Hall–Kier alpha value is -0.640. The molecule has 1 aromatic rings. The summed E-state index contributed by atoms with van der Waals surface area (Å²) in [6.45, 7) is 6.85. The summed E-state index contributed by atoms with van der Waals surface area (Å²) in [7, 11) is -4.45. The van der Waals surface area contributed by atoms with Gasteiger partial charge in [0.05, 0.1) is 6.61 Å². The van der Waals surface area contributed by atoms with Gasteiger partial charge in [-0.2, -0.15) is 8.42 Å². The van der Waals surface area contributed by atoms with E-state index < -0.39 is 28.9 Å². The first-order chi connectivity index (χ1) is 12.8. The zero-order chi connectivity index (χ0) is 19.6. The summed E-state index contributed by atoms with van der Waals surface area (Å²) >= 11 is 0. The Morgan fingerprint density at radius 2 is 1.96 bits per heavy atom. The van der Waals surface area contributed by atoms with Crippen molar-refractivity contribution >= 4 is 21.3 Å². The largest absolute Gasteiger partial charge is 0.397 e. The molecule has 0 radical (unpaired) electrons. The molecule has 8 heteroatoms. The van der Waals surface area contributed by atoms with Crippen LogP contribution in [0.2, 0.25) is 0 Å². The van der Waals surface area contributed by atoms with Gasteiger partial charge in [0, 0.05) is 17.4 Å². The fraction of sp³-hybridized carbons (Fsp3) is 0.684. The first-order valence-electron chi connectivity index (χ1n) is 9.42. The van der Waals surface area contributed by atoms with Crippen LogP contribution in [0.1, 0.15) is 39.0 Å². The van der Waals surface area contributed by atoms with Crippen LogP contribution in [0.5, 0.6) is 0 Å². The van der Waals surface area contributed by atoms with E-state index in [0.29, 0.717) is 17.1 Å². The molecule has 0 spiro atoms. The van der Waals surface area contributed by atoms with Gasteiger partial charge in [-0.1, -0.05) is 51.1 Å². The van der Waals surface area contributed by atoms with E-state index in [1.807, 2.05) is 30.3 Å². The second-order valence-electron chi connectivity index (χ2n) is 7.47. The van der Waals surface area contributed by atoms with E-state index in [9.17, 15) is 8.42 Å². The summed E-state index contributed by atoms with van der Waals surface area (Å²) in [4.78, 5) is 0. The first kappa shape index (κ1) is 21.1. The molecule has 0 aromatic heterocycles. The van der Waals surface area contributed by atoms with E-state index in [4.69, 9.17) is 18.2 Å². The average Bonchev–Trinajstić information content (AvgIpc) is 2.89. The highest BCUT2D eigenvalue weighted by atomic mass is 32.3. The van der Waals surface area contributed by atoms with Crippen molar-refractivity contribution in [2.24, 2.45) is 11.8 Å². The minimum Gasteiger partial charge on any atom is -0.346 e. The minimum atomic E-state index is -4.57. The van der Waals surface area contributed by atoms with Crippen molar-refractivity contribution in [1.29, 1.82) is 0 Å². The van der Waals surface area contributed by atoms with Crippen molar-refractivity contribution in [3.8, 4) is 0 Å². The van der Waals surface area contributed by atoms with Gasteiger partial charge in [-0.25, -0.2) is 4.18 Å². The predicted molar refractivity (Wildman–Crippen MR) is 106 cm³/mol. The SMILES string of the molecule is CC[C@@H]1[C@@H](C)[C@H](C)C[S+]1C[C@H]1OC(c2ccccc2)OC[C@@H]1OS(=O)(=O)O. The quantitative estimate of drug-likeness (QED) is 0.566. The Balaban J connectivity index is 1.77. The third-order valence-corrected chi connectivity index (χ3v) is 9.43. The highest BCUT2D eigenvalue weighted by Gasteiger charge is 2.49. The Kier molecular flexibility index (Phi) is 6.87. The van der Waals surface area contributed by atoms with Gasteiger partial charge in [-0.3, -0.25) is 4.55 Å². The van der Waals surface area contributed by atoms with Crippen LogP contribution in [0.3, 0.4) is 0 Å². The molecule has 1 aromatic carbocycles. The van der Waals surface area contributed by atoms with Crippen molar-refractivity contribution in [3.05, 3.63) is 35.9 Å². The molecule has 3 rings (SSSR count). The highest BCUT2D eigenvalue weighted by molar-refractivity contribution is 7.97. The molecule has 0 saturated carbocycles. The van der Waals surface area contributed by atoms with Gasteiger partial charge in [-0.05, 0) is 17.3 Å². The third kappa shape index (κ3) is 5.25. The van der Waals surface area contributed by atoms with Crippen molar-refractivity contribution in [1.82, 2.24) is 0 Å². The van der Waals surface area contributed by atoms with Gasteiger partial charge in [0.1, 0.15) is 29.0 Å². The molecule has 27 heavy (non-hydrogen) atoms. The van der Waals surface area contributed by atoms with Crippen molar-refractivity contribution in [3.63, 3.8) is 0 Å². The van der Waals surface area contributed by atoms with Crippen molar-refractivity contribution in [2.45, 2.75) is 50.9 Å². The normalized spacial score (nSPS) is 37.4. The van der Waals surface area contributed by atoms with Crippen LogP contribution >= 0.6 is 0 Å². The summed E-state index contributed by atoms with van der Waals surface area (Å²) in [6, 6.07) is 9.58. The topological polar surface area (TPSA) is 82.1 Å². The lowest BCUT2D eigenvalue weighted by atomic mass is 9.94. The molecule has 2 aliphatic heterocycles. The van der Waals surface area contributed by atoms with E-state index >= 15 is 0 Å². The fourth-order valence-electron chi connectivity index (χ4n) is 4.05. The van der Waals surface area contributed by atoms with Gasteiger partial charge in [0.2, 0.25) is 0 Å². The molecule has 2 fully saturated rings. The van der Waals surface area contributed by atoms with E-state index in [1.54, 1.807) is 0 Å². The Labute approximate surface area is 164 Å². The van der Waals surface area contributed by atoms with E-state index in [1.165, 1.54) is 0 Å². The van der Waals surface area contributed by atoms with E-state index in [-0.39, 0.29) is 17.5 Å². The highest BCUT2D eigenvalue weighted by Crippen LogP contribution is 2.38. The van der Waals surface area contributed by atoms with Crippen LogP contribution in [0, 0.1) is 11.8 Å². The molecule has 1 N–H and O–H groups in total. The van der Waals surface area contributed by atoms with Crippen LogP contribution in [0.25, 0.3) is 0 Å². The summed E-state index contributed by atoms with van der Waals surface area (Å²) in [5.41, 5.74) is 0.885. The fourth-order valence-corrected chi connectivity index (χ4v) is 8.21. The second-order valence-corrected chi connectivity index (χ2v) is 10.9. The van der Waals surface area contributed by atoms with Crippen LogP contribution < -0.4 is 0 Å². The number of hydrogen-bond acceptors (Lipinski definition) is 5. The molecule has 6 nitrogen and oxygen atoms in total. The van der Waals surface area contributed by atoms with Crippen LogP contribution in [0.4, 0.5) is 0 Å². The zero-order valence-electron chi connectivity index (χ0n) is 16.0. The smallest absolute Gasteiger partial charge is 0.346 e. The lowest BCUT2D eigenvalue weighted by Gasteiger charge is -2.35. The summed E-state index contributed by atoms with van der Waals surface area (Å²) in [6.07, 6.45) is -0.737. The number of rotatable bonds is 6. The van der Waals surface area contributed by atoms with Crippen molar-refractivity contribution in [2.75, 3.05) is 18.1 Å². The minimum absolute atomic E-state index is 0.0586. The molecule has 152 valence electrons. The number of ether oxygens (including phenoxy) is 2. The average molecular weight is 418 g/mol. The van der Waals surface area contributed by atoms with Gasteiger partial charge in [-0.15, -0.1) is 0 Å². The molecular formula is C19H29O6S2+. The van der Waals surface area contributed by atoms with Crippen LogP contribution in [-0.4, -0.2) is 48.5 Å². The van der Waals surface area contributed by atoms with Gasteiger partial charge in [0.15, 0.2) is 6.29 Å². The van der Waals surface area contributed by atoms with Crippen molar-refractivity contribution < 1.29 is 26.6 Å². The van der Waals surface area contributed by atoms with Gasteiger partial charge < -0.3 is 9.47 Å². The summed E-state index contributed by atoms with van der Waals surface area (Å²) in [5.74, 6) is 3.13. The van der Waals surface area contributed by atoms with Gasteiger partial charge >= 0.3 is 10.4 Å². The maximum Gasteiger partial charge on any atom is 0.397 e. The maximum atomic E-state index is 11.3. The lowest BCUT2D eigenvalue weighted by molar-refractivity contribution is -0.245. The Morgan fingerprint density at radius 1 is 1.26 bits per heavy atom. The second kappa shape index (κ2) is 8.80. The standard InChI is InChI=1S/C19H28O6S2/c1-4-18-14(3)13(2)11-26(18)12-17-16(25-27(20,21)22)10-23-19(24-17)15-8-6-5-7-9-15/h5-9,13-14,16-19H,4,10-12H2,1-3H3/p+1/t13-,14+,16+,17-,18-,19?,26?/m1/s1. The molecule has 2 aliphatic rings. The molecule has 7 atom stereocenters. The maximum absolute atomic E-state index is 11.3. The molecule has 2 heterocycles. The zero-order valence-corrected chi connectivity index (χ0v) is 17.6. The molecular weight excluding hydrogens is 388 g/mol. The van der Waals surface area contributed by atoms with Gasteiger partial charge in [0.25, 0.3) is 0 Å². The predicted octanol–water partition coefficient (Wildman–Crippen LogP) is 2.97. The third-order valence-electron chi connectivity index (χ3n) is 5.61. The number of hydrogen-bond donors (Lipinski definition) is 1. The Morgan fingerprint density at radius 3 is 2.59 bits per heavy atom. The lowest BCUT2D eigenvalue weighted by Crippen LogP contribution is -2.47. The number of benzene rings is 1. The van der Waals surface area contributed by atoms with Crippen LogP contribution in [0.15, 0.2) is 30.3 Å². The van der Waals surface area contributed by atoms with Crippen LogP contribution in [-0.2, 0) is 35.0 Å². The summed E-state index contributed by atoms with van der Waals surface area (Å²) < 4.78 is 48.4. The molecule has 0 amide bonds. The summed E-state index contributed by atoms with van der Waals surface area (Å²) in [5, 5.41) is 0.605. The first-order valence-corrected chi connectivity index (χ1v) is 12.4. The Bertz CT molecular complexity index is 710. The molecule has 0 aliphatic carbocycles. The van der Waals surface area contributed by atoms with E-state index in [2.05, 4.69) is 20.8 Å². The molecule has 0 bridgehead atoms. The van der Waals surface area contributed by atoms with E-state index in [0.717, 1.165) is 23.5 Å².